The molecule has 2 N–H and O–H groups in total. The van der Waals surface area contributed by atoms with Crippen molar-refractivity contribution < 1.29 is 4.74 Å². The lowest BCUT2D eigenvalue weighted by Gasteiger charge is -2.03. The highest BCUT2D eigenvalue weighted by Gasteiger charge is 2.13. The van der Waals surface area contributed by atoms with E-state index in [0.717, 1.165) is 27.4 Å². The molecular weight excluding hydrogens is 162 g/mol. The van der Waals surface area contributed by atoms with E-state index < -0.39 is 0 Å². The third-order valence-corrected chi connectivity index (χ3v) is 2.48. The summed E-state index contributed by atoms with van der Waals surface area (Å²) in [7, 11) is 0. The lowest BCUT2D eigenvalue weighted by atomic mass is 10.1. The predicted octanol–water partition coefficient (Wildman–Crippen LogP) is 0.249. The van der Waals surface area contributed by atoms with Gasteiger partial charge in [-0.25, -0.2) is 0 Å². The van der Waals surface area contributed by atoms with Crippen LogP contribution in [-0.2, 0) is 0 Å². The Morgan fingerprint density at radius 3 is 3.23 bits per heavy atom. The summed E-state index contributed by atoms with van der Waals surface area (Å²) < 4.78 is 5.51. The van der Waals surface area contributed by atoms with Crippen LogP contribution in [0, 0.1) is 0 Å². The van der Waals surface area contributed by atoms with Crippen LogP contribution in [0.5, 0.6) is 5.75 Å². The van der Waals surface area contributed by atoms with Gasteiger partial charge in [0, 0.05) is 21.7 Å². The highest BCUT2D eigenvalue weighted by Crippen LogP contribution is 2.19. The van der Waals surface area contributed by atoms with Gasteiger partial charge in [0.15, 0.2) is 0 Å². The summed E-state index contributed by atoms with van der Waals surface area (Å²) in [5.74, 6) is 0.981. The van der Waals surface area contributed by atoms with Crippen LogP contribution in [0.1, 0.15) is 5.56 Å². The molecule has 0 saturated heterocycles. The van der Waals surface area contributed by atoms with E-state index in [1.54, 1.807) is 0 Å². The molecule has 0 bridgehead atoms. The molecular formula is C11H9NO. The molecule has 0 spiro atoms. The Kier molecular flexibility index (Phi) is 1.13. The molecule has 1 aromatic rings. The Morgan fingerprint density at radius 2 is 2.31 bits per heavy atom. The van der Waals surface area contributed by atoms with Crippen molar-refractivity contribution in [2.24, 2.45) is 0 Å². The van der Waals surface area contributed by atoms with Gasteiger partial charge in [-0.15, -0.1) is 0 Å². The molecule has 2 heteroatoms. The van der Waals surface area contributed by atoms with Gasteiger partial charge in [0.25, 0.3) is 0 Å². The predicted molar refractivity (Wildman–Crippen MR) is 53.6 cm³/mol. The summed E-state index contributed by atoms with van der Waals surface area (Å²) in [6, 6.07) is 1.98. The number of ether oxygens (including phenoxy) is 1. The van der Waals surface area contributed by atoms with Gasteiger partial charge in [-0.05, 0) is 12.1 Å². The Balaban J connectivity index is 2.53. The van der Waals surface area contributed by atoms with Crippen LogP contribution in [0.25, 0.3) is 18.2 Å². The number of fused-ring (bicyclic) bond motifs is 3. The first-order chi connectivity index (χ1) is 6.36. The fourth-order valence-electron chi connectivity index (χ4n) is 1.86. The minimum Gasteiger partial charge on any atom is -0.488 e. The Hall–Kier alpha value is -1.70. The standard InChI is InChI=1S/C11H9NO/c12-10-6-7-4-5-13-11(7)9-3-1-2-8(9)10/h1-4,6H,5,12H2. The van der Waals surface area contributed by atoms with Crippen LogP contribution in [-0.4, -0.2) is 6.61 Å². The van der Waals surface area contributed by atoms with Gasteiger partial charge in [0.05, 0.1) is 0 Å². The maximum atomic E-state index is 5.90. The maximum Gasteiger partial charge on any atom is 0.134 e. The van der Waals surface area contributed by atoms with E-state index in [1.165, 1.54) is 0 Å². The van der Waals surface area contributed by atoms with Gasteiger partial charge >= 0.3 is 0 Å². The van der Waals surface area contributed by atoms with Gasteiger partial charge in [-0.2, -0.15) is 0 Å². The quantitative estimate of drug-likeness (QED) is 0.568. The lowest BCUT2D eigenvalue weighted by molar-refractivity contribution is 0.384. The highest BCUT2D eigenvalue weighted by atomic mass is 16.5. The normalized spacial score (nSPS) is 15.7. The van der Waals surface area contributed by atoms with Crippen LogP contribution in [0.15, 0.2) is 12.1 Å². The summed E-state index contributed by atoms with van der Waals surface area (Å²) in [6.07, 6.45) is 8.12. The van der Waals surface area contributed by atoms with Crippen molar-refractivity contribution in [3.8, 4) is 5.75 Å². The molecule has 3 rings (SSSR count). The largest absolute Gasteiger partial charge is 0.488 e. The number of nitrogen functional groups attached to an aromatic ring is 1. The Morgan fingerprint density at radius 1 is 1.38 bits per heavy atom. The van der Waals surface area contributed by atoms with E-state index in [1.807, 2.05) is 24.3 Å². The zero-order valence-corrected chi connectivity index (χ0v) is 7.08. The monoisotopic (exact) mass is 171 g/mol. The van der Waals surface area contributed by atoms with Crippen LogP contribution >= 0.6 is 0 Å². The molecule has 1 aliphatic heterocycles. The minimum atomic E-state index is 0.666. The van der Waals surface area contributed by atoms with Crippen LogP contribution in [0.4, 0.5) is 5.69 Å². The van der Waals surface area contributed by atoms with Crippen molar-refractivity contribution in [1.29, 1.82) is 0 Å². The molecule has 13 heavy (non-hydrogen) atoms. The molecule has 64 valence electrons. The van der Waals surface area contributed by atoms with Crippen molar-refractivity contribution in [1.82, 2.24) is 0 Å². The van der Waals surface area contributed by atoms with Crippen LogP contribution in [0.2, 0.25) is 0 Å². The first-order valence-corrected chi connectivity index (χ1v) is 4.30. The SMILES string of the molecule is Nc1cc2c(c3c1=CC=C3)OCC=2. The summed E-state index contributed by atoms with van der Waals surface area (Å²) in [4.78, 5) is 0. The number of nitrogens with two attached hydrogens (primary N) is 1. The van der Waals surface area contributed by atoms with Gasteiger partial charge < -0.3 is 10.5 Å². The summed E-state index contributed by atoms with van der Waals surface area (Å²) in [6.45, 7) is 0.666. The second-order valence-corrected chi connectivity index (χ2v) is 3.25. The van der Waals surface area contributed by atoms with Gasteiger partial charge in [-0.1, -0.05) is 18.2 Å². The number of anilines is 1. The van der Waals surface area contributed by atoms with Crippen molar-refractivity contribution in [2.45, 2.75) is 0 Å². The topological polar surface area (TPSA) is 35.2 Å². The second-order valence-electron chi connectivity index (χ2n) is 3.25. The van der Waals surface area contributed by atoms with Crippen molar-refractivity contribution in [2.75, 3.05) is 12.3 Å². The molecule has 0 saturated carbocycles. The third-order valence-electron chi connectivity index (χ3n) is 2.48. The molecule has 0 atom stereocenters. The number of benzene rings is 1. The van der Waals surface area contributed by atoms with Crippen molar-refractivity contribution in [3.05, 3.63) is 28.1 Å². The zero-order valence-electron chi connectivity index (χ0n) is 7.08. The molecule has 0 radical (unpaired) electrons. The van der Waals surface area contributed by atoms with Crippen LogP contribution in [0.3, 0.4) is 0 Å². The molecule has 1 aliphatic carbocycles. The number of hydrogen-bond acceptors (Lipinski definition) is 2. The maximum absolute atomic E-state index is 5.90. The Labute approximate surface area is 75.6 Å². The molecule has 0 fully saturated rings. The van der Waals surface area contributed by atoms with E-state index in [0.29, 0.717) is 6.61 Å². The molecule has 0 aromatic heterocycles. The first-order valence-electron chi connectivity index (χ1n) is 4.30. The average molecular weight is 171 g/mol. The first kappa shape index (κ1) is 6.78. The highest BCUT2D eigenvalue weighted by molar-refractivity contribution is 5.76. The number of rotatable bonds is 0. The summed E-state index contributed by atoms with van der Waals surface area (Å²) in [5, 5.41) is 2.21. The zero-order chi connectivity index (χ0) is 8.84. The molecule has 2 aliphatic rings. The van der Waals surface area contributed by atoms with E-state index in [9.17, 15) is 0 Å². The molecule has 1 heterocycles. The van der Waals surface area contributed by atoms with E-state index in [-0.39, 0.29) is 0 Å². The lowest BCUT2D eigenvalue weighted by Crippen LogP contribution is -2.16. The fourth-order valence-corrected chi connectivity index (χ4v) is 1.86. The summed E-state index contributed by atoms with van der Waals surface area (Å²) >= 11 is 0. The van der Waals surface area contributed by atoms with E-state index >= 15 is 0 Å². The molecule has 1 aromatic carbocycles. The molecule has 0 unspecified atom stereocenters. The fraction of sp³-hybridized carbons (Fsp3) is 0.0909. The number of hydrogen-bond donors (Lipinski definition) is 1. The van der Waals surface area contributed by atoms with Gasteiger partial charge in [-0.3, -0.25) is 0 Å². The summed E-state index contributed by atoms with van der Waals surface area (Å²) in [5.41, 5.74) is 7.86. The smallest absolute Gasteiger partial charge is 0.134 e. The van der Waals surface area contributed by atoms with Crippen LogP contribution < -0.4 is 20.9 Å². The van der Waals surface area contributed by atoms with E-state index in [4.69, 9.17) is 10.5 Å². The molecule has 0 amide bonds. The number of allylic oxidation sites excluding steroid dienone is 1. The minimum absolute atomic E-state index is 0.666. The Bertz CT molecular complexity index is 526. The second kappa shape index (κ2) is 2.16. The van der Waals surface area contributed by atoms with Gasteiger partial charge in [0.1, 0.15) is 12.4 Å². The average Bonchev–Trinajstić information content (AvgIpc) is 2.66. The third kappa shape index (κ3) is 0.773. The van der Waals surface area contributed by atoms with Crippen molar-refractivity contribution in [3.63, 3.8) is 0 Å². The van der Waals surface area contributed by atoms with Crippen molar-refractivity contribution >= 4 is 23.9 Å². The molecule has 2 nitrogen and oxygen atoms in total. The van der Waals surface area contributed by atoms with Gasteiger partial charge in [0.2, 0.25) is 0 Å². The van der Waals surface area contributed by atoms with E-state index in [2.05, 4.69) is 6.08 Å².